The van der Waals surface area contributed by atoms with E-state index in [-0.39, 0.29) is 25.2 Å². The first-order valence-corrected chi connectivity index (χ1v) is 26.1. The molecule has 1 unspecified atom stereocenters. The van der Waals surface area contributed by atoms with Gasteiger partial charge < -0.3 is 14.2 Å². The van der Waals surface area contributed by atoms with Gasteiger partial charge in [-0.05, 0) is 83.5 Å². The molecule has 0 aromatic carbocycles. The number of hydrogen-bond donors (Lipinski definition) is 0. The summed E-state index contributed by atoms with van der Waals surface area (Å²) < 4.78 is 17.3. The molecule has 0 aromatic heterocycles. The Labute approximate surface area is 384 Å². The average Bonchev–Trinajstić information content (AvgIpc) is 3.27. The molecular formula is C57H98O5. The lowest BCUT2D eigenvalue weighted by molar-refractivity contribution is -0.162. The Morgan fingerprint density at radius 3 is 1.24 bits per heavy atom. The smallest absolute Gasteiger partial charge is 0.306 e. The van der Waals surface area contributed by atoms with E-state index in [1.165, 1.54) is 122 Å². The predicted molar refractivity (Wildman–Crippen MR) is 270 cm³/mol. The zero-order chi connectivity index (χ0) is 44.9. The molecule has 356 valence electrons. The van der Waals surface area contributed by atoms with Gasteiger partial charge in [-0.15, -0.1) is 0 Å². The molecule has 0 saturated heterocycles. The van der Waals surface area contributed by atoms with Crippen molar-refractivity contribution in [2.45, 2.75) is 245 Å². The standard InChI is InChI=1S/C57H98O5/c1-4-7-10-13-16-19-22-25-27-28-29-30-31-33-35-38-41-44-47-50-56(58)61-54-55(53-60-52-49-46-43-40-37-34-26-23-20-17-14-11-8-5-2)62-57(59)51-48-45-42-39-36-32-24-21-18-15-12-9-6-3/h7,10,16,19,21,24-25,27,29-30,33,35,41,44,55H,4-6,8-9,11-15,17-18,20,22-23,26,28,31-32,34,36-40,42-43,45-54H2,1-3H3/b10-7-,19-16-,24-21-,27-25-,30-29-,35-33-,44-41-. The topological polar surface area (TPSA) is 61.8 Å². The first kappa shape index (κ1) is 59.1. The highest BCUT2D eigenvalue weighted by atomic mass is 16.6. The molecule has 5 heteroatoms. The average molecular weight is 863 g/mol. The van der Waals surface area contributed by atoms with Crippen LogP contribution in [0.3, 0.4) is 0 Å². The van der Waals surface area contributed by atoms with Gasteiger partial charge in [-0.3, -0.25) is 9.59 Å². The van der Waals surface area contributed by atoms with Crippen molar-refractivity contribution in [3.63, 3.8) is 0 Å². The molecule has 5 nitrogen and oxygen atoms in total. The Morgan fingerprint density at radius 1 is 0.371 bits per heavy atom. The minimum atomic E-state index is -0.572. The van der Waals surface area contributed by atoms with Gasteiger partial charge in [0, 0.05) is 19.4 Å². The Hall–Kier alpha value is -2.92. The fourth-order valence-electron chi connectivity index (χ4n) is 7.06. The van der Waals surface area contributed by atoms with Gasteiger partial charge in [0.25, 0.3) is 0 Å². The second-order valence-electron chi connectivity index (χ2n) is 17.0. The maximum atomic E-state index is 12.8. The molecule has 1 atom stereocenters. The van der Waals surface area contributed by atoms with Crippen molar-refractivity contribution < 1.29 is 23.8 Å². The number of hydrogen-bond acceptors (Lipinski definition) is 5. The molecule has 0 bridgehead atoms. The molecule has 0 rings (SSSR count). The highest BCUT2D eigenvalue weighted by Gasteiger charge is 2.17. The molecule has 0 aromatic rings. The zero-order valence-corrected chi connectivity index (χ0v) is 40.9. The van der Waals surface area contributed by atoms with Gasteiger partial charge in [0.05, 0.1) is 6.61 Å². The predicted octanol–water partition coefficient (Wildman–Crippen LogP) is 17.7. The van der Waals surface area contributed by atoms with Crippen molar-refractivity contribution in [3.05, 3.63) is 85.1 Å². The molecule has 0 N–H and O–H groups in total. The van der Waals surface area contributed by atoms with E-state index in [0.717, 1.165) is 77.0 Å². The van der Waals surface area contributed by atoms with Crippen molar-refractivity contribution in [1.29, 1.82) is 0 Å². The Bertz CT molecular complexity index is 1160. The first-order valence-electron chi connectivity index (χ1n) is 26.1. The second-order valence-corrected chi connectivity index (χ2v) is 17.0. The SMILES string of the molecule is CC/C=C\C/C=C\C/C=C\C/C=C\C/C=C\C/C=C\CCC(=O)OCC(COCCCCCCCCCCCCCCCC)OC(=O)CCCCCCC/C=C\CCCCCC. The van der Waals surface area contributed by atoms with Crippen molar-refractivity contribution >= 4 is 11.9 Å². The van der Waals surface area contributed by atoms with Crippen molar-refractivity contribution in [1.82, 2.24) is 0 Å². The van der Waals surface area contributed by atoms with Gasteiger partial charge in [0.2, 0.25) is 0 Å². The van der Waals surface area contributed by atoms with Crippen LogP contribution in [0.2, 0.25) is 0 Å². The van der Waals surface area contributed by atoms with Crippen LogP contribution in [-0.2, 0) is 23.8 Å². The lowest BCUT2D eigenvalue weighted by Crippen LogP contribution is -2.30. The molecule has 0 aliphatic heterocycles. The molecule has 0 heterocycles. The molecule has 0 spiro atoms. The van der Waals surface area contributed by atoms with Crippen LogP contribution in [0.25, 0.3) is 0 Å². The van der Waals surface area contributed by atoms with Gasteiger partial charge in [0.1, 0.15) is 6.61 Å². The lowest BCUT2D eigenvalue weighted by Gasteiger charge is -2.18. The van der Waals surface area contributed by atoms with E-state index in [1.807, 2.05) is 6.08 Å². The second kappa shape index (κ2) is 52.4. The monoisotopic (exact) mass is 863 g/mol. The normalized spacial score (nSPS) is 12.9. The number of rotatable bonds is 47. The summed E-state index contributed by atoms with van der Waals surface area (Å²) >= 11 is 0. The maximum absolute atomic E-state index is 12.8. The van der Waals surface area contributed by atoms with Crippen LogP contribution in [0.15, 0.2) is 85.1 Å². The fourth-order valence-corrected chi connectivity index (χ4v) is 7.06. The van der Waals surface area contributed by atoms with Crippen LogP contribution in [0.1, 0.15) is 239 Å². The maximum Gasteiger partial charge on any atom is 0.306 e. The third-order valence-corrected chi connectivity index (χ3v) is 10.9. The van der Waals surface area contributed by atoms with E-state index in [1.54, 1.807) is 0 Å². The van der Waals surface area contributed by atoms with Gasteiger partial charge in [0.15, 0.2) is 6.10 Å². The minimum absolute atomic E-state index is 0.0409. The summed E-state index contributed by atoms with van der Waals surface area (Å²) in [7, 11) is 0. The molecule has 0 fully saturated rings. The molecule has 0 aliphatic carbocycles. The zero-order valence-electron chi connectivity index (χ0n) is 40.9. The van der Waals surface area contributed by atoms with E-state index in [2.05, 4.69) is 99.8 Å². The third kappa shape index (κ3) is 49.7. The summed E-state index contributed by atoms with van der Waals surface area (Å²) in [6.07, 6.45) is 68.9. The third-order valence-electron chi connectivity index (χ3n) is 10.9. The number of unbranched alkanes of at least 4 members (excludes halogenated alkanes) is 22. The van der Waals surface area contributed by atoms with E-state index < -0.39 is 6.10 Å². The quantitative estimate of drug-likeness (QED) is 0.0346. The fraction of sp³-hybridized carbons (Fsp3) is 0.719. The van der Waals surface area contributed by atoms with Crippen LogP contribution >= 0.6 is 0 Å². The molecule has 62 heavy (non-hydrogen) atoms. The van der Waals surface area contributed by atoms with Gasteiger partial charge in [-0.1, -0.05) is 228 Å². The number of esters is 2. The highest BCUT2D eigenvalue weighted by Crippen LogP contribution is 2.14. The van der Waals surface area contributed by atoms with Crippen molar-refractivity contribution in [2.75, 3.05) is 19.8 Å². The van der Waals surface area contributed by atoms with Crippen LogP contribution < -0.4 is 0 Å². The summed E-state index contributed by atoms with van der Waals surface area (Å²) in [5, 5.41) is 0. The summed E-state index contributed by atoms with van der Waals surface area (Å²) in [6.45, 7) is 7.63. The highest BCUT2D eigenvalue weighted by molar-refractivity contribution is 5.70. The number of ether oxygens (including phenoxy) is 3. The lowest BCUT2D eigenvalue weighted by atomic mass is 10.0. The summed E-state index contributed by atoms with van der Waals surface area (Å²) in [5.41, 5.74) is 0. The Morgan fingerprint density at radius 2 is 0.758 bits per heavy atom. The van der Waals surface area contributed by atoms with Gasteiger partial charge in [-0.2, -0.15) is 0 Å². The number of carbonyl (C=O) groups is 2. The van der Waals surface area contributed by atoms with Crippen molar-refractivity contribution in [2.24, 2.45) is 0 Å². The summed E-state index contributed by atoms with van der Waals surface area (Å²) in [6, 6.07) is 0. The molecule has 0 radical (unpaired) electrons. The van der Waals surface area contributed by atoms with E-state index in [0.29, 0.717) is 25.9 Å². The minimum Gasteiger partial charge on any atom is -0.462 e. The number of carbonyl (C=O) groups excluding carboxylic acids is 2. The van der Waals surface area contributed by atoms with Gasteiger partial charge >= 0.3 is 11.9 Å². The van der Waals surface area contributed by atoms with E-state index >= 15 is 0 Å². The Kier molecular flexibility index (Phi) is 50.0. The molecule has 0 amide bonds. The molecular weight excluding hydrogens is 765 g/mol. The molecule has 0 aliphatic rings. The largest absolute Gasteiger partial charge is 0.462 e. The van der Waals surface area contributed by atoms with Crippen LogP contribution in [0.4, 0.5) is 0 Å². The summed E-state index contributed by atoms with van der Waals surface area (Å²) in [5.74, 6) is -0.501. The Balaban J connectivity index is 4.38. The summed E-state index contributed by atoms with van der Waals surface area (Å²) in [4.78, 5) is 25.4. The molecule has 0 saturated carbocycles. The van der Waals surface area contributed by atoms with Crippen molar-refractivity contribution in [3.8, 4) is 0 Å². The van der Waals surface area contributed by atoms with Crippen LogP contribution in [-0.4, -0.2) is 37.9 Å². The van der Waals surface area contributed by atoms with Crippen LogP contribution in [0, 0.1) is 0 Å². The van der Waals surface area contributed by atoms with Crippen LogP contribution in [0.5, 0.6) is 0 Å². The van der Waals surface area contributed by atoms with E-state index in [4.69, 9.17) is 14.2 Å². The van der Waals surface area contributed by atoms with E-state index in [9.17, 15) is 9.59 Å². The van der Waals surface area contributed by atoms with Gasteiger partial charge in [-0.25, -0.2) is 0 Å². The first-order chi connectivity index (χ1) is 30.6. The number of allylic oxidation sites excluding steroid dienone is 14.